The van der Waals surface area contributed by atoms with Crippen LogP contribution in [0.2, 0.25) is 0 Å². The zero-order valence-electron chi connectivity index (χ0n) is 14.8. The van der Waals surface area contributed by atoms with E-state index in [9.17, 15) is 9.90 Å². The maximum Gasteiger partial charge on any atom is 0.353 e. The van der Waals surface area contributed by atoms with Crippen LogP contribution in [-0.4, -0.2) is 27.6 Å². The van der Waals surface area contributed by atoms with Crippen LogP contribution in [0.3, 0.4) is 0 Å². The van der Waals surface area contributed by atoms with Crippen molar-refractivity contribution < 1.29 is 19.4 Å². The fourth-order valence-corrected chi connectivity index (χ4v) is 2.52. The molecule has 0 spiro atoms. The summed E-state index contributed by atoms with van der Waals surface area (Å²) in [6.07, 6.45) is 3.32. The second-order valence-corrected chi connectivity index (χ2v) is 5.10. The maximum absolute atomic E-state index is 11.4. The minimum Gasteiger partial charge on any atom is -0.487 e. The van der Waals surface area contributed by atoms with Crippen LogP contribution in [0.5, 0.6) is 11.6 Å². The highest BCUT2D eigenvalue weighted by Crippen LogP contribution is 2.22. The van der Waals surface area contributed by atoms with Crippen LogP contribution in [0.25, 0.3) is 5.52 Å². The summed E-state index contributed by atoms with van der Waals surface area (Å²) in [7, 11) is 1.56. The van der Waals surface area contributed by atoms with Crippen LogP contribution in [0.15, 0.2) is 42.7 Å². The molecule has 6 heteroatoms. The molecule has 0 aromatic carbocycles. The van der Waals surface area contributed by atoms with Crippen LogP contribution in [0.4, 0.5) is 0 Å². The number of aryl methyl sites for hydroxylation is 1. The first-order chi connectivity index (χ1) is 12.1. The fraction of sp³-hybridized carbons (Fsp3) is 0.263. The number of nitrogens with zero attached hydrogens (tertiary/aromatic N) is 2. The van der Waals surface area contributed by atoms with Crippen molar-refractivity contribution in [1.29, 1.82) is 0 Å². The predicted octanol–water partition coefficient (Wildman–Crippen LogP) is 3.95. The van der Waals surface area contributed by atoms with Crippen LogP contribution in [-0.2, 0) is 6.61 Å². The number of hydrogen-bond donors (Lipinski definition) is 1. The summed E-state index contributed by atoms with van der Waals surface area (Å²) in [4.78, 5) is 15.5. The van der Waals surface area contributed by atoms with E-state index < -0.39 is 5.97 Å². The van der Waals surface area contributed by atoms with Crippen LogP contribution in [0, 0.1) is 6.92 Å². The Kier molecular flexibility index (Phi) is 6.00. The molecule has 3 rings (SSSR count). The van der Waals surface area contributed by atoms with Gasteiger partial charge in [0.2, 0.25) is 5.88 Å². The molecule has 0 aliphatic carbocycles. The van der Waals surface area contributed by atoms with E-state index in [1.165, 1.54) is 0 Å². The molecule has 0 unspecified atom stereocenters. The van der Waals surface area contributed by atoms with Crippen LogP contribution < -0.4 is 9.47 Å². The Morgan fingerprint density at radius 2 is 2.04 bits per heavy atom. The molecule has 0 amide bonds. The highest BCUT2D eigenvalue weighted by atomic mass is 16.5. The van der Waals surface area contributed by atoms with Gasteiger partial charge in [0.15, 0.2) is 0 Å². The van der Waals surface area contributed by atoms with E-state index in [0.29, 0.717) is 17.2 Å². The third-order valence-electron chi connectivity index (χ3n) is 3.57. The van der Waals surface area contributed by atoms with Gasteiger partial charge in [-0.2, -0.15) is 0 Å². The SMILES string of the molecule is CC.COc1ncccc1COc1ccc2cc(C)c(C(=O)O)n2c1. The highest BCUT2D eigenvalue weighted by Gasteiger charge is 2.14. The molecule has 0 bridgehead atoms. The first-order valence-electron chi connectivity index (χ1n) is 8.06. The normalized spacial score (nSPS) is 10.1. The van der Waals surface area contributed by atoms with Gasteiger partial charge in [-0.1, -0.05) is 13.8 Å². The lowest BCUT2D eigenvalue weighted by molar-refractivity contribution is 0.0688. The summed E-state index contributed by atoms with van der Waals surface area (Å²) in [6.45, 7) is 6.06. The predicted molar refractivity (Wildman–Crippen MR) is 95.6 cm³/mol. The standard InChI is InChI=1S/C17H16N2O4.C2H6/c1-11-8-13-5-6-14(9-19(13)15(11)17(20)21)23-10-12-4-3-7-18-16(12)22-2;1-2/h3-9H,10H2,1-2H3,(H,20,21);1-2H3. The monoisotopic (exact) mass is 342 g/mol. The second-order valence-electron chi connectivity index (χ2n) is 5.10. The van der Waals surface area contributed by atoms with Crippen molar-refractivity contribution in [3.8, 4) is 11.6 Å². The smallest absolute Gasteiger partial charge is 0.353 e. The number of ether oxygens (including phenoxy) is 2. The molecule has 0 atom stereocenters. The topological polar surface area (TPSA) is 73.1 Å². The Bertz CT molecular complexity index is 871. The van der Waals surface area contributed by atoms with Crippen LogP contribution in [0.1, 0.15) is 35.5 Å². The van der Waals surface area contributed by atoms with Gasteiger partial charge in [-0.25, -0.2) is 9.78 Å². The molecular formula is C19H22N2O4. The molecule has 25 heavy (non-hydrogen) atoms. The lowest BCUT2D eigenvalue weighted by Gasteiger charge is -2.10. The summed E-state index contributed by atoms with van der Waals surface area (Å²) in [5.41, 5.74) is 2.58. The van der Waals surface area contributed by atoms with Crippen LogP contribution >= 0.6 is 0 Å². The Hall–Kier alpha value is -3.02. The molecule has 3 aromatic heterocycles. The average molecular weight is 342 g/mol. The number of pyridine rings is 2. The van der Waals surface area contributed by atoms with Gasteiger partial charge in [0.1, 0.15) is 18.1 Å². The first-order valence-corrected chi connectivity index (χ1v) is 8.06. The summed E-state index contributed by atoms with van der Waals surface area (Å²) in [5, 5.41) is 9.33. The van der Waals surface area contributed by atoms with Crippen molar-refractivity contribution in [2.45, 2.75) is 27.4 Å². The summed E-state index contributed by atoms with van der Waals surface area (Å²) < 4.78 is 12.6. The van der Waals surface area contributed by atoms with Gasteiger partial charge in [0.25, 0.3) is 0 Å². The van der Waals surface area contributed by atoms with E-state index in [-0.39, 0.29) is 12.3 Å². The quantitative estimate of drug-likeness (QED) is 0.760. The Morgan fingerprint density at radius 3 is 2.72 bits per heavy atom. The molecule has 3 aromatic rings. The third-order valence-corrected chi connectivity index (χ3v) is 3.57. The Labute approximate surface area is 146 Å². The molecule has 1 N–H and O–H groups in total. The van der Waals surface area contributed by atoms with Gasteiger partial charge in [-0.05, 0) is 42.8 Å². The number of hydrogen-bond acceptors (Lipinski definition) is 4. The van der Waals surface area contributed by atoms with Crippen molar-refractivity contribution in [2.24, 2.45) is 0 Å². The van der Waals surface area contributed by atoms with Gasteiger partial charge in [-0.3, -0.25) is 0 Å². The third kappa shape index (κ3) is 3.91. The molecule has 0 radical (unpaired) electrons. The molecule has 0 fully saturated rings. The van der Waals surface area contributed by atoms with E-state index >= 15 is 0 Å². The van der Waals surface area contributed by atoms with Gasteiger partial charge in [0.05, 0.1) is 18.9 Å². The zero-order chi connectivity index (χ0) is 18.4. The van der Waals surface area contributed by atoms with Gasteiger partial charge >= 0.3 is 5.97 Å². The van der Waals surface area contributed by atoms with E-state index in [2.05, 4.69) is 4.98 Å². The van der Waals surface area contributed by atoms with E-state index in [0.717, 1.165) is 11.1 Å². The zero-order valence-corrected chi connectivity index (χ0v) is 14.8. The lowest BCUT2D eigenvalue weighted by Crippen LogP contribution is -2.04. The highest BCUT2D eigenvalue weighted by molar-refractivity contribution is 5.89. The summed E-state index contributed by atoms with van der Waals surface area (Å²) >= 11 is 0. The molecule has 6 nitrogen and oxygen atoms in total. The number of carboxylic acids is 1. The molecule has 0 aliphatic rings. The fourth-order valence-electron chi connectivity index (χ4n) is 2.52. The number of carboxylic acid groups (broad SMARTS) is 1. The number of aromatic nitrogens is 2. The number of rotatable bonds is 5. The van der Waals surface area contributed by atoms with Crippen molar-refractivity contribution in [3.05, 3.63) is 59.5 Å². The summed E-state index contributed by atoms with van der Waals surface area (Å²) in [5.74, 6) is 0.117. The van der Waals surface area contributed by atoms with Crippen molar-refractivity contribution in [1.82, 2.24) is 9.38 Å². The molecule has 3 heterocycles. The van der Waals surface area contributed by atoms with E-state index in [1.807, 2.05) is 44.2 Å². The molecule has 132 valence electrons. The van der Waals surface area contributed by atoms with Crippen molar-refractivity contribution >= 4 is 11.5 Å². The number of aromatic carboxylic acids is 1. The first kappa shape index (κ1) is 18.3. The average Bonchev–Trinajstić information content (AvgIpc) is 2.97. The molecular weight excluding hydrogens is 320 g/mol. The van der Waals surface area contributed by atoms with Crippen molar-refractivity contribution in [3.63, 3.8) is 0 Å². The second kappa shape index (κ2) is 8.19. The van der Waals surface area contributed by atoms with Crippen molar-refractivity contribution in [2.75, 3.05) is 7.11 Å². The minimum atomic E-state index is -0.964. The largest absolute Gasteiger partial charge is 0.487 e. The lowest BCUT2D eigenvalue weighted by atomic mass is 10.3. The van der Waals surface area contributed by atoms with Gasteiger partial charge < -0.3 is 19.0 Å². The Morgan fingerprint density at radius 1 is 1.28 bits per heavy atom. The van der Waals surface area contributed by atoms with Gasteiger partial charge in [0, 0.05) is 11.7 Å². The Balaban J connectivity index is 0.00000109. The number of methoxy groups -OCH3 is 1. The van der Waals surface area contributed by atoms with Gasteiger partial charge in [-0.15, -0.1) is 0 Å². The minimum absolute atomic E-state index is 0.240. The number of fused-ring (bicyclic) bond motifs is 1. The molecule has 0 aliphatic heterocycles. The van der Waals surface area contributed by atoms with E-state index in [1.54, 1.807) is 30.8 Å². The number of carbonyl (C=O) groups is 1. The molecule has 0 saturated carbocycles. The summed E-state index contributed by atoms with van der Waals surface area (Å²) in [6, 6.07) is 9.14. The maximum atomic E-state index is 11.4. The molecule has 0 saturated heterocycles. The van der Waals surface area contributed by atoms with E-state index in [4.69, 9.17) is 9.47 Å².